The molecular formula is C9H16N2. The first-order valence-electron chi connectivity index (χ1n) is 4.18. The summed E-state index contributed by atoms with van der Waals surface area (Å²) in [6, 6.07) is 0. The lowest BCUT2D eigenvalue weighted by atomic mass is 9.91. The molecule has 2 nitrogen and oxygen atoms in total. The van der Waals surface area contributed by atoms with Crippen LogP contribution in [0, 0.1) is 5.92 Å². The van der Waals surface area contributed by atoms with Crippen LogP contribution >= 0.6 is 0 Å². The second kappa shape index (κ2) is 4.16. The minimum absolute atomic E-state index is 0.660. The van der Waals surface area contributed by atoms with Gasteiger partial charge in [-0.1, -0.05) is 11.6 Å². The fourth-order valence-electron chi connectivity index (χ4n) is 1.45. The highest BCUT2D eigenvalue weighted by Gasteiger charge is 2.09. The maximum atomic E-state index is 4.03. The van der Waals surface area contributed by atoms with Crippen molar-refractivity contribution >= 4 is 6.21 Å². The first-order valence-corrected chi connectivity index (χ1v) is 4.18. The summed E-state index contributed by atoms with van der Waals surface area (Å²) in [6.07, 6.45) is 8.00. The fraction of sp³-hybridized carbons (Fsp3) is 0.667. The predicted octanol–water partition coefficient (Wildman–Crippen LogP) is 1.94. The van der Waals surface area contributed by atoms with Gasteiger partial charge in [-0.15, -0.1) is 0 Å². The topological polar surface area (TPSA) is 24.4 Å². The average Bonchev–Trinajstić information content (AvgIpc) is 2.01. The second-order valence-corrected chi connectivity index (χ2v) is 3.09. The molecule has 0 aromatic carbocycles. The van der Waals surface area contributed by atoms with E-state index in [1.54, 1.807) is 0 Å². The van der Waals surface area contributed by atoms with Crippen molar-refractivity contribution < 1.29 is 0 Å². The van der Waals surface area contributed by atoms with Crippen LogP contribution in [0.4, 0.5) is 0 Å². The number of hydrogen-bond donors (Lipinski definition) is 1. The molecule has 0 heterocycles. The van der Waals surface area contributed by atoms with Gasteiger partial charge < -0.3 is 5.43 Å². The lowest BCUT2D eigenvalue weighted by molar-refractivity contribution is 0.601. The number of nitrogens with one attached hydrogen (secondary N) is 1. The van der Waals surface area contributed by atoms with Gasteiger partial charge in [0.25, 0.3) is 0 Å². The molecule has 0 radical (unpaired) electrons. The minimum Gasteiger partial charge on any atom is -0.313 e. The first-order chi connectivity index (χ1) is 5.33. The Labute approximate surface area is 68.4 Å². The normalized spacial score (nSPS) is 25.3. The van der Waals surface area contributed by atoms with Crippen LogP contribution < -0.4 is 5.43 Å². The quantitative estimate of drug-likeness (QED) is 0.365. The van der Waals surface area contributed by atoms with Crippen molar-refractivity contribution in [2.24, 2.45) is 11.0 Å². The summed E-state index contributed by atoms with van der Waals surface area (Å²) in [5.74, 6) is 0.660. The molecule has 1 N–H and O–H groups in total. The molecule has 2 heteroatoms. The molecule has 0 amide bonds. The van der Waals surface area contributed by atoms with E-state index in [1.165, 1.54) is 24.8 Å². The first kappa shape index (κ1) is 8.31. The largest absolute Gasteiger partial charge is 0.313 e. The van der Waals surface area contributed by atoms with Gasteiger partial charge >= 0.3 is 0 Å². The van der Waals surface area contributed by atoms with E-state index in [-0.39, 0.29) is 0 Å². The summed E-state index contributed by atoms with van der Waals surface area (Å²) < 4.78 is 0. The summed E-state index contributed by atoms with van der Waals surface area (Å²) in [5.41, 5.74) is 4.28. The van der Waals surface area contributed by atoms with Gasteiger partial charge in [0.15, 0.2) is 0 Å². The zero-order chi connectivity index (χ0) is 8.10. The zero-order valence-electron chi connectivity index (χ0n) is 7.30. The maximum Gasteiger partial charge on any atom is 0.0276 e. The molecule has 1 rings (SSSR count). The van der Waals surface area contributed by atoms with E-state index in [9.17, 15) is 0 Å². The van der Waals surface area contributed by atoms with E-state index in [2.05, 4.69) is 23.5 Å². The molecular weight excluding hydrogens is 136 g/mol. The summed E-state index contributed by atoms with van der Waals surface area (Å²) in [7, 11) is 1.84. The Balaban J connectivity index is 2.38. The fourth-order valence-corrected chi connectivity index (χ4v) is 1.45. The molecule has 0 spiro atoms. The van der Waals surface area contributed by atoms with Crippen molar-refractivity contribution in [2.75, 3.05) is 7.05 Å². The van der Waals surface area contributed by atoms with Gasteiger partial charge in [-0.2, -0.15) is 5.10 Å². The van der Waals surface area contributed by atoms with E-state index >= 15 is 0 Å². The summed E-state index contributed by atoms with van der Waals surface area (Å²) in [4.78, 5) is 0. The third-order valence-corrected chi connectivity index (χ3v) is 2.03. The third kappa shape index (κ3) is 2.74. The van der Waals surface area contributed by atoms with E-state index in [1.807, 2.05) is 13.3 Å². The van der Waals surface area contributed by atoms with Gasteiger partial charge in [0, 0.05) is 13.3 Å². The number of nitrogens with zero attached hydrogens (tertiary/aromatic N) is 1. The summed E-state index contributed by atoms with van der Waals surface area (Å²) in [5, 5.41) is 4.03. The molecule has 0 saturated heterocycles. The lowest BCUT2D eigenvalue weighted by Crippen LogP contribution is -2.08. The highest BCUT2D eigenvalue weighted by molar-refractivity contribution is 5.61. The molecule has 11 heavy (non-hydrogen) atoms. The van der Waals surface area contributed by atoms with E-state index < -0.39 is 0 Å². The Kier molecular flexibility index (Phi) is 3.14. The Hall–Kier alpha value is -0.790. The number of hydrogen-bond acceptors (Lipinski definition) is 2. The van der Waals surface area contributed by atoms with Gasteiger partial charge in [0.2, 0.25) is 0 Å². The molecule has 1 atom stereocenters. The van der Waals surface area contributed by atoms with Gasteiger partial charge in [-0.3, -0.25) is 0 Å². The molecule has 0 aliphatic heterocycles. The highest BCUT2D eigenvalue weighted by atomic mass is 15.3. The zero-order valence-corrected chi connectivity index (χ0v) is 7.30. The van der Waals surface area contributed by atoms with Crippen LogP contribution in [0.3, 0.4) is 0 Å². The molecule has 1 aliphatic rings. The Morgan fingerprint density at radius 1 is 1.73 bits per heavy atom. The predicted molar refractivity (Wildman–Crippen MR) is 48.6 cm³/mol. The van der Waals surface area contributed by atoms with Crippen LogP contribution in [0.1, 0.15) is 26.2 Å². The molecule has 62 valence electrons. The SMILES string of the molecule is CN/N=C\C1CCC=C(C)C1. The van der Waals surface area contributed by atoms with Crippen LogP contribution in [0.15, 0.2) is 16.8 Å². The number of rotatable bonds is 2. The Bertz CT molecular complexity index is 170. The molecule has 0 aromatic rings. The van der Waals surface area contributed by atoms with Crippen LogP contribution in [-0.2, 0) is 0 Å². The Morgan fingerprint density at radius 3 is 3.18 bits per heavy atom. The van der Waals surface area contributed by atoms with Crippen molar-refractivity contribution in [1.82, 2.24) is 5.43 Å². The smallest absolute Gasteiger partial charge is 0.0276 e. The Morgan fingerprint density at radius 2 is 2.55 bits per heavy atom. The van der Waals surface area contributed by atoms with Crippen molar-refractivity contribution in [2.45, 2.75) is 26.2 Å². The van der Waals surface area contributed by atoms with Crippen molar-refractivity contribution in [3.8, 4) is 0 Å². The molecule has 0 aromatic heterocycles. The van der Waals surface area contributed by atoms with Gasteiger partial charge in [-0.05, 0) is 32.1 Å². The maximum absolute atomic E-state index is 4.03. The standard InChI is InChI=1S/C9H16N2/c1-8-4-3-5-9(6-8)7-11-10-2/h4,7,9-10H,3,5-6H2,1-2H3/b11-7-. The highest BCUT2D eigenvalue weighted by Crippen LogP contribution is 2.21. The van der Waals surface area contributed by atoms with Crippen LogP contribution in [0.5, 0.6) is 0 Å². The van der Waals surface area contributed by atoms with Crippen LogP contribution in [0.25, 0.3) is 0 Å². The lowest BCUT2D eigenvalue weighted by Gasteiger charge is -2.16. The van der Waals surface area contributed by atoms with Crippen LogP contribution in [0.2, 0.25) is 0 Å². The second-order valence-electron chi connectivity index (χ2n) is 3.09. The minimum atomic E-state index is 0.660. The van der Waals surface area contributed by atoms with Crippen LogP contribution in [-0.4, -0.2) is 13.3 Å². The molecule has 0 fully saturated rings. The van der Waals surface area contributed by atoms with Gasteiger partial charge in [0.05, 0.1) is 0 Å². The molecule has 0 saturated carbocycles. The van der Waals surface area contributed by atoms with Gasteiger partial charge in [-0.25, -0.2) is 0 Å². The summed E-state index contributed by atoms with van der Waals surface area (Å²) >= 11 is 0. The number of allylic oxidation sites excluding steroid dienone is 2. The van der Waals surface area contributed by atoms with Gasteiger partial charge in [0.1, 0.15) is 0 Å². The van der Waals surface area contributed by atoms with E-state index in [0.29, 0.717) is 5.92 Å². The number of hydrazone groups is 1. The van der Waals surface area contributed by atoms with Crippen molar-refractivity contribution in [3.05, 3.63) is 11.6 Å². The average molecular weight is 152 g/mol. The van der Waals surface area contributed by atoms with E-state index in [4.69, 9.17) is 0 Å². The monoisotopic (exact) mass is 152 g/mol. The molecule has 1 unspecified atom stereocenters. The third-order valence-electron chi connectivity index (χ3n) is 2.03. The van der Waals surface area contributed by atoms with Crippen molar-refractivity contribution in [1.29, 1.82) is 0 Å². The van der Waals surface area contributed by atoms with E-state index in [0.717, 1.165) is 0 Å². The molecule has 0 bridgehead atoms. The summed E-state index contributed by atoms with van der Waals surface area (Å²) in [6.45, 7) is 2.19. The van der Waals surface area contributed by atoms with Crippen molar-refractivity contribution in [3.63, 3.8) is 0 Å². The molecule has 1 aliphatic carbocycles.